The molecular formula is C13H21N3O. The zero-order chi connectivity index (χ0) is 12.7. The summed E-state index contributed by atoms with van der Waals surface area (Å²) in [6, 6.07) is 8.19. The van der Waals surface area contributed by atoms with E-state index in [1.54, 1.807) is 0 Å². The largest absolute Gasteiger partial charge is 0.494 e. The second kappa shape index (κ2) is 6.78. The van der Waals surface area contributed by atoms with E-state index in [0.29, 0.717) is 25.2 Å². The van der Waals surface area contributed by atoms with Crippen molar-refractivity contribution >= 4 is 5.96 Å². The smallest absolute Gasteiger partial charge is 0.189 e. The predicted octanol–water partition coefficient (Wildman–Crippen LogP) is 1.90. The molecule has 3 N–H and O–H groups in total. The minimum Gasteiger partial charge on any atom is -0.494 e. The van der Waals surface area contributed by atoms with Gasteiger partial charge >= 0.3 is 0 Å². The molecule has 0 spiro atoms. The summed E-state index contributed by atoms with van der Waals surface area (Å²) >= 11 is 0. The molecule has 0 amide bonds. The van der Waals surface area contributed by atoms with Gasteiger partial charge in [-0.2, -0.15) is 0 Å². The molecule has 0 aliphatic heterocycles. The average molecular weight is 235 g/mol. The number of ether oxygens (including phenoxy) is 1. The van der Waals surface area contributed by atoms with E-state index in [1.165, 1.54) is 0 Å². The minimum atomic E-state index is 0.300. The maximum absolute atomic E-state index is 5.73. The third-order valence-corrected chi connectivity index (χ3v) is 2.08. The highest BCUT2D eigenvalue weighted by Crippen LogP contribution is 2.13. The summed E-state index contributed by atoms with van der Waals surface area (Å²) in [5.74, 6) is 1.34. The second-order valence-electron chi connectivity index (χ2n) is 4.08. The third kappa shape index (κ3) is 5.24. The molecule has 0 bridgehead atoms. The number of nitrogens with zero attached hydrogens (tertiary/aromatic N) is 1. The van der Waals surface area contributed by atoms with Gasteiger partial charge in [-0.15, -0.1) is 0 Å². The Morgan fingerprint density at radius 1 is 1.47 bits per heavy atom. The van der Waals surface area contributed by atoms with Crippen LogP contribution >= 0.6 is 0 Å². The van der Waals surface area contributed by atoms with Crippen LogP contribution in [-0.2, 0) is 6.54 Å². The summed E-state index contributed by atoms with van der Waals surface area (Å²) in [5, 5.41) is 3.05. The number of hydrogen-bond acceptors (Lipinski definition) is 2. The van der Waals surface area contributed by atoms with E-state index in [2.05, 4.69) is 10.3 Å². The van der Waals surface area contributed by atoms with Gasteiger partial charge in [-0.1, -0.05) is 12.1 Å². The first kappa shape index (κ1) is 13.4. The summed E-state index contributed by atoms with van der Waals surface area (Å²) in [6.07, 6.45) is 0. The first-order valence-corrected chi connectivity index (χ1v) is 5.90. The van der Waals surface area contributed by atoms with Gasteiger partial charge in [0.05, 0.1) is 13.2 Å². The lowest BCUT2D eigenvalue weighted by atomic mass is 10.2. The van der Waals surface area contributed by atoms with Crippen molar-refractivity contribution < 1.29 is 4.74 Å². The summed E-state index contributed by atoms with van der Waals surface area (Å²) in [4.78, 5) is 4.26. The topological polar surface area (TPSA) is 59.6 Å². The Morgan fingerprint density at radius 3 is 2.88 bits per heavy atom. The molecule has 0 unspecified atom stereocenters. The van der Waals surface area contributed by atoms with Gasteiger partial charge in [0.1, 0.15) is 5.75 Å². The highest BCUT2D eigenvalue weighted by molar-refractivity contribution is 5.78. The molecule has 0 aliphatic rings. The van der Waals surface area contributed by atoms with Gasteiger partial charge in [-0.3, -0.25) is 0 Å². The van der Waals surface area contributed by atoms with Crippen molar-refractivity contribution in [3.8, 4) is 5.75 Å². The van der Waals surface area contributed by atoms with Crippen LogP contribution in [-0.4, -0.2) is 18.6 Å². The Kier molecular flexibility index (Phi) is 5.33. The lowest BCUT2D eigenvalue weighted by molar-refractivity contribution is 0.340. The number of hydrogen-bond donors (Lipinski definition) is 2. The summed E-state index contributed by atoms with van der Waals surface area (Å²) in [7, 11) is 0. The lowest BCUT2D eigenvalue weighted by Crippen LogP contribution is -2.36. The fourth-order valence-electron chi connectivity index (χ4n) is 1.42. The molecule has 4 heteroatoms. The maximum Gasteiger partial charge on any atom is 0.189 e. The second-order valence-corrected chi connectivity index (χ2v) is 4.08. The van der Waals surface area contributed by atoms with Crippen molar-refractivity contribution in [2.24, 2.45) is 10.7 Å². The molecule has 1 aromatic carbocycles. The third-order valence-electron chi connectivity index (χ3n) is 2.08. The molecule has 94 valence electrons. The minimum absolute atomic E-state index is 0.300. The molecule has 0 radical (unpaired) electrons. The molecule has 17 heavy (non-hydrogen) atoms. The van der Waals surface area contributed by atoms with E-state index < -0.39 is 0 Å². The van der Waals surface area contributed by atoms with Crippen LogP contribution in [0.2, 0.25) is 0 Å². The fourth-order valence-corrected chi connectivity index (χ4v) is 1.42. The molecule has 0 atom stereocenters. The van der Waals surface area contributed by atoms with Crippen molar-refractivity contribution in [1.82, 2.24) is 5.32 Å². The van der Waals surface area contributed by atoms with Gasteiger partial charge in [0.2, 0.25) is 0 Å². The van der Waals surface area contributed by atoms with Crippen LogP contribution in [0.25, 0.3) is 0 Å². The zero-order valence-electron chi connectivity index (χ0n) is 10.7. The van der Waals surface area contributed by atoms with Crippen molar-refractivity contribution in [1.29, 1.82) is 0 Å². The summed E-state index contributed by atoms with van der Waals surface area (Å²) < 4.78 is 5.42. The molecule has 4 nitrogen and oxygen atoms in total. The maximum atomic E-state index is 5.73. The number of guanidine groups is 1. The summed E-state index contributed by atoms with van der Waals surface area (Å²) in [6.45, 7) is 7.25. The Labute approximate surface area is 103 Å². The van der Waals surface area contributed by atoms with Crippen LogP contribution < -0.4 is 15.8 Å². The number of nitrogens with one attached hydrogen (secondary N) is 1. The van der Waals surface area contributed by atoms with E-state index in [0.717, 1.165) is 11.3 Å². The van der Waals surface area contributed by atoms with Crippen LogP contribution in [0.4, 0.5) is 0 Å². The highest BCUT2D eigenvalue weighted by Gasteiger charge is 1.97. The van der Waals surface area contributed by atoms with Gasteiger partial charge < -0.3 is 15.8 Å². The van der Waals surface area contributed by atoms with E-state index in [9.17, 15) is 0 Å². The number of aliphatic imine (C=N–C) groups is 1. The average Bonchev–Trinajstić information content (AvgIpc) is 2.26. The molecular weight excluding hydrogens is 214 g/mol. The lowest BCUT2D eigenvalue weighted by Gasteiger charge is -2.09. The van der Waals surface area contributed by atoms with Gasteiger partial charge in [0.15, 0.2) is 5.96 Å². The van der Waals surface area contributed by atoms with Gasteiger partial charge in [0.25, 0.3) is 0 Å². The van der Waals surface area contributed by atoms with E-state index in [4.69, 9.17) is 10.5 Å². The van der Waals surface area contributed by atoms with Crippen molar-refractivity contribution in [3.05, 3.63) is 29.8 Å². The van der Waals surface area contributed by atoms with Gasteiger partial charge in [0, 0.05) is 6.04 Å². The standard InChI is InChI=1S/C13H21N3O/c1-4-17-12-7-5-6-11(8-12)9-15-13(14)16-10(2)3/h5-8,10H,4,9H2,1-3H3,(H3,14,15,16). The molecule has 1 rings (SSSR count). The van der Waals surface area contributed by atoms with Crippen molar-refractivity contribution in [2.45, 2.75) is 33.4 Å². The van der Waals surface area contributed by atoms with Gasteiger partial charge in [-0.05, 0) is 38.5 Å². The first-order valence-electron chi connectivity index (χ1n) is 5.90. The molecule has 0 saturated carbocycles. The van der Waals surface area contributed by atoms with E-state index >= 15 is 0 Å². The Hall–Kier alpha value is -1.71. The number of nitrogens with two attached hydrogens (primary N) is 1. The van der Waals surface area contributed by atoms with Gasteiger partial charge in [-0.25, -0.2) is 4.99 Å². The Balaban J connectivity index is 2.59. The monoisotopic (exact) mass is 235 g/mol. The van der Waals surface area contributed by atoms with E-state index in [1.807, 2.05) is 45.0 Å². The molecule has 0 heterocycles. The van der Waals surface area contributed by atoms with Crippen LogP contribution in [0.5, 0.6) is 5.75 Å². The quantitative estimate of drug-likeness (QED) is 0.605. The van der Waals surface area contributed by atoms with Crippen LogP contribution in [0.1, 0.15) is 26.3 Å². The predicted molar refractivity (Wildman–Crippen MR) is 71.2 cm³/mol. The number of benzene rings is 1. The normalized spacial score (nSPS) is 11.6. The van der Waals surface area contributed by atoms with Crippen molar-refractivity contribution in [3.63, 3.8) is 0 Å². The Morgan fingerprint density at radius 2 is 2.24 bits per heavy atom. The first-order chi connectivity index (χ1) is 8.11. The van der Waals surface area contributed by atoms with Crippen LogP contribution in [0, 0.1) is 0 Å². The van der Waals surface area contributed by atoms with E-state index in [-0.39, 0.29) is 0 Å². The molecule has 0 saturated heterocycles. The van der Waals surface area contributed by atoms with Crippen LogP contribution in [0.3, 0.4) is 0 Å². The Bertz CT molecular complexity index is 375. The summed E-state index contributed by atoms with van der Waals surface area (Å²) in [5.41, 5.74) is 6.81. The number of rotatable bonds is 5. The zero-order valence-corrected chi connectivity index (χ0v) is 10.7. The molecule has 0 aliphatic carbocycles. The fraction of sp³-hybridized carbons (Fsp3) is 0.462. The molecule has 1 aromatic rings. The van der Waals surface area contributed by atoms with Crippen LogP contribution in [0.15, 0.2) is 29.3 Å². The molecule has 0 fully saturated rings. The SMILES string of the molecule is CCOc1cccc(CN=C(N)NC(C)C)c1. The van der Waals surface area contributed by atoms with Crippen molar-refractivity contribution in [2.75, 3.05) is 6.61 Å². The highest BCUT2D eigenvalue weighted by atomic mass is 16.5. The molecule has 0 aromatic heterocycles.